The van der Waals surface area contributed by atoms with Crippen molar-refractivity contribution in [2.24, 2.45) is 5.73 Å². The molecule has 0 unspecified atom stereocenters. The highest BCUT2D eigenvalue weighted by Crippen LogP contribution is 2.10. The maximum Gasteiger partial charge on any atom is 0.0208 e. The first-order valence-corrected chi connectivity index (χ1v) is 5.19. The van der Waals surface area contributed by atoms with Crippen molar-refractivity contribution in [3.63, 3.8) is 0 Å². The van der Waals surface area contributed by atoms with E-state index in [9.17, 15) is 0 Å². The van der Waals surface area contributed by atoms with Gasteiger partial charge in [-0.3, -0.25) is 0 Å². The molecule has 0 fully saturated rings. The van der Waals surface area contributed by atoms with E-state index in [0.717, 1.165) is 11.0 Å². The molecule has 1 aromatic rings. The van der Waals surface area contributed by atoms with Gasteiger partial charge in [0.15, 0.2) is 0 Å². The van der Waals surface area contributed by atoms with Crippen LogP contribution in [0.4, 0.5) is 0 Å². The van der Waals surface area contributed by atoms with Crippen molar-refractivity contribution in [2.75, 3.05) is 6.54 Å². The van der Waals surface area contributed by atoms with Crippen LogP contribution in [0.15, 0.2) is 28.7 Å². The van der Waals surface area contributed by atoms with E-state index in [1.165, 1.54) is 5.56 Å². The van der Waals surface area contributed by atoms with Crippen molar-refractivity contribution in [2.45, 2.75) is 19.5 Å². The fourth-order valence-electron chi connectivity index (χ4n) is 0.978. The highest BCUT2D eigenvalue weighted by molar-refractivity contribution is 9.10. The lowest BCUT2D eigenvalue weighted by Gasteiger charge is -2.10. The van der Waals surface area contributed by atoms with Crippen LogP contribution in [-0.4, -0.2) is 12.6 Å². The third-order valence-corrected chi connectivity index (χ3v) is 2.45. The van der Waals surface area contributed by atoms with E-state index in [2.05, 4.69) is 40.3 Å². The number of benzene rings is 1. The SMILES string of the molecule is C[C@H](CN)NCc1ccc(Br)cc1. The van der Waals surface area contributed by atoms with Gasteiger partial charge in [0.05, 0.1) is 0 Å². The molecule has 0 saturated heterocycles. The summed E-state index contributed by atoms with van der Waals surface area (Å²) in [4.78, 5) is 0. The quantitative estimate of drug-likeness (QED) is 0.847. The van der Waals surface area contributed by atoms with Gasteiger partial charge in [-0.25, -0.2) is 0 Å². The van der Waals surface area contributed by atoms with Gasteiger partial charge < -0.3 is 11.1 Å². The van der Waals surface area contributed by atoms with Crippen LogP contribution in [0.1, 0.15) is 12.5 Å². The lowest BCUT2D eigenvalue weighted by Crippen LogP contribution is -2.32. The molecule has 3 N–H and O–H groups in total. The molecular formula is C10H15BrN2. The summed E-state index contributed by atoms with van der Waals surface area (Å²) >= 11 is 3.40. The smallest absolute Gasteiger partial charge is 0.0208 e. The van der Waals surface area contributed by atoms with Crippen molar-refractivity contribution in [1.82, 2.24) is 5.32 Å². The minimum Gasteiger partial charge on any atom is -0.329 e. The van der Waals surface area contributed by atoms with Crippen LogP contribution in [0.3, 0.4) is 0 Å². The Morgan fingerprint density at radius 3 is 2.54 bits per heavy atom. The van der Waals surface area contributed by atoms with Crippen molar-refractivity contribution in [1.29, 1.82) is 0 Å². The van der Waals surface area contributed by atoms with E-state index < -0.39 is 0 Å². The molecule has 0 aromatic heterocycles. The van der Waals surface area contributed by atoms with Gasteiger partial charge in [-0.2, -0.15) is 0 Å². The third kappa shape index (κ3) is 3.89. The topological polar surface area (TPSA) is 38.0 Å². The zero-order valence-electron chi connectivity index (χ0n) is 7.76. The predicted octanol–water partition coefficient (Wildman–Crippen LogP) is 1.89. The van der Waals surface area contributed by atoms with Crippen molar-refractivity contribution >= 4 is 15.9 Å². The maximum absolute atomic E-state index is 5.49. The molecule has 72 valence electrons. The van der Waals surface area contributed by atoms with Crippen LogP contribution in [-0.2, 0) is 6.54 Å². The zero-order valence-corrected chi connectivity index (χ0v) is 9.34. The second-order valence-electron chi connectivity index (χ2n) is 3.14. The Morgan fingerprint density at radius 1 is 1.38 bits per heavy atom. The van der Waals surface area contributed by atoms with Gasteiger partial charge in [-0.15, -0.1) is 0 Å². The van der Waals surface area contributed by atoms with Crippen LogP contribution < -0.4 is 11.1 Å². The first-order valence-electron chi connectivity index (χ1n) is 4.40. The molecule has 13 heavy (non-hydrogen) atoms. The summed E-state index contributed by atoms with van der Waals surface area (Å²) in [6.07, 6.45) is 0. The Bertz CT molecular complexity index is 246. The number of halogens is 1. The minimum absolute atomic E-state index is 0.378. The Labute approximate surface area is 87.6 Å². The van der Waals surface area contributed by atoms with Crippen LogP contribution in [0, 0.1) is 0 Å². The monoisotopic (exact) mass is 242 g/mol. The Kier molecular flexibility index (Phi) is 4.42. The van der Waals surface area contributed by atoms with Crippen LogP contribution >= 0.6 is 15.9 Å². The van der Waals surface area contributed by atoms with Gasteiger partial charge in [-0.05, 0) is 24.6 Å². The summed E-state index contributed by atoms with van der Waals surface area (Å²) in [6.45, 7) is 3.64. The molecular weight excluding hydrogens is 228 g/mol. The second kappa shape index (κ2) is 5.37. The lowest BCUT2D eigenvalue weighted by atomic mass is 10.2. The normalized spacial score (nSPS) is 12.8. The molecule has 0 aliphatic heterocycles. The van der Waals surface area contributed by atoms with Gasteiger partial charge >= 0.3 is 0 Å². The molecule has 0 saturated carbocycles. The molecule has 0 heterocycles. The molecule has 1 atom stereocenters. The summed E-state index contributed by atoms with van der Waals surface area (Å²) in [7, 11) is 0. The first kappa shape index (κ1) is 10.7. The third-order valence-electron chi connectivity index (χ3n) is 1.92. The first-order chi connectivity index (χ1) is 6.22. The number of nitrogens with one attached hydrogen (secondary N) is 1. The van der Waals surface area contributed by atoms with Gasteiger partial charge in [0.1, 0.15) is 0 Å². The minimum atomic E-state index is 0.378. The fourth-order valence-corrected chi connectivity index (χ4v) is 1.24. The molecule has 1 rings (SSSR count). The van der Waals surface area contributed by atoms with E-state index in [4.69, 9.17) is 5.73 Å². The highest BCUT2D eigenvalue weighted by atomic mass is 79.9. The lowest BCUT2D eigenvalue weighted by molar-refractivity contribution is 0.556. The molecule has 2 nitrogen and oxygen atoms in total. The van der Waals surface area contributed by atoms with Crippen molar-refractivity contribution in [3.05, 3.63) is 34.3 Å². The summed E-state index contributed by atoms with van der Waals surface area (Å²) < 4.78 is 1.11. The van der Waals surface area contributed by atoms with E-state index in [1.807, 2.05) is 12.1 Å². The number of hydrogen-bond donors (Lipinski definition) is 2. The number of hydrogen-bond acceptors (Lipinski definition) is 2. The average Bonchev–Trinajstić information content (AvgIpc) is 2.16. The van der Waals surface area contributed by atoms with E-state index in [1.54, 1.807) is 0 Å². The summed E-state index contributed by atoms with van der Waals surface area (Å²) in [5.74, 6) is 0. The molecule has 0 aliphatic rings. The van der Waals surface area contributed by atoms with Gasteiger partial charge in [0.25, 0.3) is 0 Å². The van der Waals surface area contributed by atoms with Gasteiger partial charge in [0, 0.05) is 23.6 Å². The predicted molar refractivity (Wildman–Crippen MR) is 59.5 cm³/mol. The Hall–Kier alpha value is -0.380. The number of nitrogens with two attached hydrogens (primary N) is 1. The molecule has 0 amide bonds. The Morgan fingerprint density at radius 2 is 2.00 bits per heavy atom. The van der Waals surface area contributed by atoms with E-state index >= 15 is 0 Å². The van der Waals surface area contributed by atoms with Crippen LogP contribution in [0.5, 0.6) is 0 Å². The van der Waals surface area contributed by atoms with E-state index in [0.29, 0.717) is 12.6 Å². The summed E-state index contributed by atoms with van der Waals surface area (Å²) in [6, 6.07) is 8.66. The van der Waals surface area contributed by atoms with E-state index in [-0.39, 0.29) is 0 Å². The fraction of sp³-hybridized carbons (Fsp3) is 0.400. The highest BCUT2D eigenvalue weighted by Gasteiger charge is 1.97. The Balaban J connectivity index is 2.41. The van der Waals surface area contributed by atoms with Gasteiger partial charge in [0.2, 0.25) is 0 Å². The summed E-state index contributed by atoms with van der Waals surface area (Å²) in [5, 5.41) is 3.33. The maximum atomic E-state index is 5.49. The van der Waals surface area contributed by atoms with Gasteiger partial charge in [-0.1, -0.05) is 28.1 Å². The van der Waals surface area contributed by atoms with Crippen LogP contribution in [0.2, 0.25) is 0 Å². The van der Waals surface area contributed by atoms with Crippen molar-refractivity contribution in [3.8, 4) is 0 Å². The standard InChI is InChI=1S/C10H15BrN2/c1-8(6-12)13-7-9-2-4-10(11)5-3-9/h2-5,8,13H,6-7,12H2,1H3/t8-/m1/s1. The molecule has 0 aliphatic carbocycles. The molecule has 0 spiro atoms. The molecule has 1 aromatic carbocycles. The summed E-state index contributed by atoms with van der Waals surface area (Å²) in [5.41, 5.74) is 6.77. The average molecular weight is 243 g/mol. The molecule has 0 radical (unpaired) electrons. The number of rotatable bonds is 4. The molecule has 3 heteroatoms. The van der Waals surface area contributed by atoms with Crippen LogP contribution in [0.25, 0.3) is 0 Å². The largest absolute Gasteiger partial charge is 0.329 e. The zero-order chi connectivity index (χ0) is 9.68. The molecule has 0 bridgehead atoms. The second-order valence-corrected chi connectivity index (χ2v) is 4.06. The van der Waals surface area contributed by atoms with Crippen molar-refractivity contribution < 1.29 is 0 Å².